The predicted molar refractivity (Wildman–Crippen MR) is 111 cm³/mol. The summed E-state index contributed by atoms with van der Waals surface area (Å²) < 4.78 is 20.4. The third kappa shape index (κ3) is 3.60. The first-order valence-corrected chi connectivity index (χ1v) is 10.2. The molecule has 0 bridgehead atoms. The number of fused-ring (bicyclic) bond motifs is 3. The SMILES string of the molecule is CC[C@@H](C)N(Cc1ncc(Br)cc1F)C(=O)c1cc2nc(N)c3c(c2[nH]1)COC3. The molecule has 4 heterocycles. The maximum Gasteiger partial charge on any atom is 0.270 e. The van der Waals surface area contributed by atoms with Crippen LogP contribution in [0, 0.1) is 5.82 Å². The second-order valence-electron chi connectivity index (χ2n) is 7.16. The van der Waals surface area contributed by atoms with E-state index in [2.05, 4.69) is 30.9 Å². The van der Waals surface area contributed by atoms with E-state index >= 15 is 0 Å². The van der Waals surface area contributed by atoms with E-state index in [0.717, 1.165) is 23.1 Å². The Balaban J connectivity index is 1.71. The molecule has 0 spiro atoms. The predicted octanol–water partition coefficient (Wildman–Crippen LogP) is 3.91. The number of hydrogen-bond acceptors (Lipinski definition) is 5. The van der Waals surface area contributed by atoms with Crippen molar-refractivity contribution in [2.45, 2.75) is 46.1 Å². The van der Waals surface area contributed by atoms with E-state index in [1.807, 2.05) is 13.8 Å². The molecule has 29 heavy (non-hydrogen) atoms. The molecule has 0 saturated carbocycles. The zero-order chi connectivity index (χ0) is 20.7. The molecule has 1 amide bonds. The Kier molecular flexibility index (Phi) is 5.26. The van der Waals surface area contributed by atoms with Crippen LogP contribution < -0.4 is 5.73 Å². The number of rotatable bonds is 5. The summed E-state index contributed by atoms with van der Waals surface area (Å²) in [5.41, 5.74) is 9.79. The van der Waals surface area contributed by atoms with Crippen LogP contribution in [-0.4, -0.2) is 31.8 Å². The van der Waals surface area contributed by atoms with Crippen LogP contribution in [0.15, 0.2) is 22.8 Å². The molecule has 7 nitrogen and oxygen atoms in total. The second-order valence-corrected chi connectivity index (χ2v) is 8.08. The fourth-order valence-electron chi connectivity index (χ4n) is 3.48. The molecule has 3 aromatic rings. The Hall–Kier alpha value is -2.52. The van der Waals surface area contributed by atoms with Crippen LogP contribution in [0.5, 0.6) is 0 Å². The molecular weight excluding hydrogens is 441 g/mol. The van der Waals surface area contributed by atoms with Gasteiger partial charge in [-0.15, -0.1) is 0 Å². The van der Waals surface area contributed by atoms with Gasteiger partial charge >= 0.3 is 0 Å². The Morgan fingerprint density at radius 2 is 2.17 bits per heavy atom. The highest BCUT2D eigenvalue weighted by atomic mass is 79.9. The van der Waals surface area contributed by atoms with Gasteiger partial charge in [-0.25, -0.2) is 9.37 Å². The van der Waals surface area contributed by atoms with Crippen LogP contribution in [0.3, 0.4) is 0 Å². The minimum atomic E-state index is -0.457. The number of ether oxygens (including phenoxy) is 1. The number of pyridine rings is 2. The molecule has 1 aliphatic heterocycles. The number of anilines is 1. The first kappa shape index (κ1) is 19.8. The van der Waals surface area contributed by atoms with Gasteiger partial charge in [-0.05, 0) is 41.4 Å². The molecule has 0 aliphatic carbocycles. The number of nitrogens with zero attached hydrogens (tertiary/aromatic N) is 3. The number of halogens is 2. The second kappa shape index (κ2) is 7.72. The van der Waals surface area contributed by atoms with Crippen molar-refractivity contribution in [3.63, 3.8) is 0 Å². The van der Waals surface area contributed by atoms with E-state index < -0.39 is 5.82 Å². The number of hydrogen-bond donors (Lipinski definition) is 2. The van der Waals surface area contributed by atoms with Gasteiger partial charge in [-0.1, -0.05) is 6.92 Å². The highest BCUT2D eigenvalue weighted by Gasteiger charge is 2.26. The largest absolute Gasteiger partial charge is 0.383 e. The van der Waals surface area contributed by atoms with Gasteiger partial charge in [0.05, 0.1) is 36.5 Å². The van der Waals surface area contributed by atoms with E-state index in [0.29, 0.717) is 34.7 Å². The normalized spacial score (nSPS) is 14.2. The summed E-state index contributed by atoms with van der Waals surface area (Å²) in [6.45, 7) is 4.82. The van der Waals surface area contributed by atoms with Gasteiger partial charge in [-0.3, -0.25) is 9.78 Å². The van der Waals surface area contributed by atoms with Crippen LogP contribution >= 0.6 is 15.9 Å². The molecule has 0 unspecified atom stereocenters. The molecular formula is C20H21BrFN5O2. The Morgan fingerprint density at radius 3 is 2.90 bits per heavy atom. The molecule has 4 rings (SSSR count). The quantitative estimate of drug-likeness (QED) is 0.599. The summed E-state index contributed by atoms with van der Waals surface area (Å²) in [6, 6.07) is 2.93. The van der Waals surface area contributed by atoms with E-state index in [1.165, 1.54) is 12.3 Å². The fraction of sp³-hybridized carbons (Fsp3) is 0.350. The zero-order valence-corrected chi connectivity index (χ0v) is 17.7. The van der Waals surface area contributed by atoms with E-state index in [1.54, 1.807) is 11.0 Å². The van der Waals surface area contributed by atoms with Crippen molar-refractivity contribution in [1.82, 2.24) is 19.9 Å². The molecule has 9 heteroatoms. The van der Waals surface area contributed by atoms with Gasteiger partial charge in [0, 0.05) is 27.8 Å². The summed E-state index contributed by atoms with van der Waals surface area (Å²) in [5, 5.41) is 0. The highest BCUT2D eigenvalue weighted by molar-refractivity contribution is 9.10. The summed E-state index contributed by atoms with van der Waals surface area (Å²) in [7, 11) is 0. The minimum Gasteiger partial charge on any atom is -0.383 e. The van der Waals surface area contributed by atoms with Crippen molar-refractivity contribution >= 4 is 38.7 Å². The number of nitrogens with two attached hydrogens (primary N) is 1. The molecule has 152 valence electrons. The van der Waals surface area contributed by atoms with Gasteiger partial charge in [0.15, 0.2) is 0 Å². The van der Waals surface area contributed by atoms with Crippen molar-refractivity contribution in [1.29, 1.82) is 0 Å². The van der Waals surface area contributed by atoms with Crippen molar-refractivity contribution in [2.75, 3.05) is 5.73 Å². The molecule has 0 aromatic carbocycles. The lowest BCUT2D eigenvalue weighted by atomic mass is 10.1. The van der Waals surface area contributed by atoms with E-state index in [9.17, 15) is 9.18 Å². The van der Waals surface area contributed by atoms with Crippen LogP contribution in [0.4, 0.5) is 10.2 Å². The number of carbonyl (C=O) groups excluding carboxylic acids is 1. The van der Waals surface area contributed by atoms with Crippen LogP contribution in [0.25, 0.3) is 11.0 Å². The lowest BCUT2D eigenvalue weighted by Crippen LogP contribution is -2.38. The summed E-state index contributed by atoms with van der Waals surface area (Å²) in [5.74, 6) is -0.280. The molecule has 0 saturated heterocycles. The topological polar surface area (TPSA) is 97.1 Å². The first-order chi connectivity index (χ1) is 13.9. The number of aromatic nitrogens is 3. The molecule has 3 aromatic heterocycles. The molecule has 3 N–H and O–H groups in total. The molecule has 1 atom stereocenters. The standard InChI is InChI=1S/C20H21BrFN5O2/c1-3-10(2)27(7-17-14(22)4-11(21)6-24-17)20(28)16-5-15-18(25-16)12-8-29-9-13(12)19(23)26-15/h4-6,10,25H,3,7-9H2,1-2H3,(H2,23,26)/t10-/m1/s1. The number of amides is 1. The van der Waals surface area contributed by atoms with E-state index in [-0.39, 0.29) is 24.2 Å². The highest BCUT2D eigenvalue weighted by Crippen LogP contribution is 2.31. The fourth-order valence-corrected chi connectivity index (χ4v) is 3.78. The number of aromatic amines is 1. The van der Waals surface area contributed by atoms with Crippen LogP contribution in [-0.2, 0) is 24.5 Å². The lowest BCUT2D eigenvalue weighted by Gasteiger charge is -2.28. The van der Waals surface area contributed by atoms with Crippen molar-refractivity contribution < 1.29 is 13.9 Å². The number of H-pyrrole nitrogens is 1. The van der Waals surface area contributed by atoms with Crippen LogP contribution in [0.1, 0.15) is 47.6 Å². The van der Waals surface area contributed by atoms with Crippen molar-refractivity contribution in [3.8, 4) is 0 Å². The van der Waals surface area contributed by atoms with Gasteiger partial charge in [0.1, 0.15) is 17.3 Å². The summed E-state index contributed by atoms with van der Waals surface area (Å²) in [4.78, 5) is 26.7. The monoisotopic (exact) mass is 461 g/mol. The van der Waals surface area contributed by atoms with Gasteiger partial charge in [0.25, 0.3) is 5.91 Å². The lowest BCUT2D eigenvalue weighted by molar-refractivity contribution is 0.0661. The Labute approximate surface area is 175 Å². The average molecular weight is 462 g/mol. The number of nitrogens with one attached hydrogen (secondary N) is 1. The Morgan fingerprint density at radius 1 is 1.41 bits per heavy atom. The van der Waals surface area contributed by atoms with Gasteiger partial charge < -0.3 is 20.4 Å². The van der Waals surface area contributed by atoms with E-state index in [4.69, 9.17) is 10.5 Å². The summed E-state index contributed by atoms with van der Waals surface area (Å²) in [6.07, 6.45) is 2.25. The number of carbonyl (C=O) groups is 1. The first-order valence-electron chi connectivity index (χ1n) is 9.37. The minimum absolute atomic E-state index is 0.0686. The average Bonchev–Trinajstić information content (AvgIpc) is 3.33. The maximum atomic E-state index is 14.3. The molecule has 1 aliphatic rings. The van der Waals surface area contributed by atoms with Crippen molar-refractivity contribution in [3.05, 3.63) is 51.1 Å². The molecule has 0 fully saturated rings. The third-order valence-electron chi connectivity index (χ3n) is 5.32. The Bertz CT molecular complexity index is 1100. The number of nitrogen functional groups attached to an aromatic ring is 1. The molecule has 0 radical (unpaired) electrons. The van der Waals surface area contributed by atoms with Gasteiger partial charge in [-0.2, -0.15) is 0 Å². The third-order valence-corrected chi connectivity index (χ3v) is 5.76. The summed E-state index contributed by atoms with van der Waals surface area (Å²) >= 11 is 3.21. The smallest absolute Gasteiger partial charge is 0.270 e. The van der Waals surface area contributed by atoms with Crippen LogP contribution in [0.2, 0.25) is 0 Å². The van der Waals surface area contributed by atoms with Gasteiger partial charge in [0.2, 0.25) is 0 Å². The zero-order valence-electron chi connectivity index (χ0n) is 16.1. The maximum absolute atomic E-state index is 14.3. The van der Waals surface area contributed by atoms with Crippen molar-refractivity contribution in [2.24, 2.45) is 0 Å².